The standard InChI is InChI=1S/C14H22N2O3S/c1-16(11-12-5-7-19-8-6-12)20(17,18)14-4-2-3-13(9-14)10-15/h2-4,9,12H,5-8,10-11,15H2,1H3. The Morgan fingerprint density at radius 3 is 2.70 bits per heavy atom. The van der Waals surface area contributed by atoms with Crippen LogP contribution >= 0.6 is 0 Å². The van der Waals surface area contributed by atoms with Crippen molar-refractivity contribution < 1.29 is 13.2 Å². The maximum atomic E-state index is 12.5. The molecule has 0 aliphatic carbocycles. The SMILES string of the molecule is CN(CC1CCOCC1)S(=O)(=O)c1cccc(CN)c1. The van der Waals surface area contributed by atoms with Crippen LogP contribution in [0.15, 0.2) is 29.2 Å². The number of ether oxygens (including phenoxy) is 1. The average molecular weight is 298 g/mol. The van der Waals surface area contributed by atoms with E-state index in [1.807, 2.05) is 6.07 Å². The van der Waals surface area contributed by atoms with E-state index in [0.717, 1.165) is 31.6 Å². The van der Waals surface area contributed by atoms with Crippen LogP contribution in [0.5, 0.6) is 0 Å². The van der Waals surface area contributed by atoms with Crippen LogP contribution in [0.4, 0.5) is 0 Å². The Morgan fingerprint density at radius 1 is 1.35 bits per heavy atom. The van der Waals surface area contributed by atoms with Crippen molar-refractivity contribution in [2.75, 3.05) is 26.8 Å². The van der Waals surface area contributed by atoms with Gasteiger partial charge in [0.25, 0.3) is 0 Å². The molecule has 1 fully saturated rings. The van der Waals surface area contributed by atoms with Crippen molar-refractivity contribution in [3.05, 3.63) is 29.8 Å². The third-order valence-electron chi connectivity index (χ3n) is 3.70. The highest BCUT2D eigenvalue weighted by atomic mass is 32.2. The quantitative estimate of drug-likeness (QED) is 0.886. The van der Waals surface area contributed by atoms with Crippen molar-refractivity contribution >= 4 is 10.0 Å². The normalized spacial score (nSPS) is 17.6. The van der Waals surface area contributed by atoms with Gasteiger partial charge in [0.05, 0.1) is 4.90 Å². The van der Waals surface area contributed by atoms with E-state index in [9.17, 15) is 8.42 Å². The average Bonchev–Trinajstić information content (AvgIpc) is 2.48. The Morgan fingerprint density at radius 2 is 2.05 bits per heavy atom. The van der Waals surface area contributed by atoms with E-state index >= 15 is 0 Å². The Labute approximate surface area is 120 Å². The number of nitrogens with two attached hydrogens (primary N) is 1. The zero-order valence-corrected chi connectivity index (χ0v) is 12.6. The van der Waals surface area contributed by atoms with Gasteiger partial charge in [0.2, 0.25) is 10.0 Å². The molecule has 1 aromatic rings. The summed E-state index contributed by atoms with van der Waals surface area (Å²) < 4.78 is 31.8. The maximum absolute atomic E-state index is 12.5. The Kier molecular flexibility index (Phi) is 5.15. The van der Waals surface area contributed by atoms with E-state index in [0.29, 0.717) is 23.9 Å². The number of benzene rings is 1. The van der Waals surface area contributed by atoms with Gasteiger partial charge in [-0.25, -0.2) is 12.7 Å². The topological polar surface area (TPSA) is 72.6 Å². The Balaban J connectivity index is 2.11. The first-order valence-corrected chi connectivity index (χ1v) is 8.31. The fraction of sp³-hybridized carbons (Fsp3) is 0.571. The highest BCUT2D eigenvalue weighted by Gasteiger charge is 2.25. The predicted octanol–water partition coefficient (Wildman–Crippen LogP) is 1.19. The van der Waals surface area contributed by atoms with Crippen molar-refractivity contribution in [1.29, 1.82) is 0 Å². The molecular weight excluding hydrogens is 276 g/mol. The lowest BCUT2D eigenvalue weighted by Gasteiger charge is -2.26. The van der Waals surface area contributed by atoms with Gasteiger partial charge in [-0.05, 0) is 36.5 Å². The summed E-state index contributed by atoms with van der Waals surface area (Å²) in [6, 6.07) is 6.83. The van der Waals surface area contributed by atoms with E-state index in [1.165, 1.54) is 4.31 Å². The van der Waals surface area contributed by atoms with Gasteiger partial charge in [-0.1, -0.05) is 12.1 Å². The molecule has 1 aliphatic rings. The summed E-state index contributed by atoms with van der Waals surface area (Å²) in [6.07, 6.45) is 1.84. The molecule has 1 aromatic carbocycles. The lowest BCUT2D eigenvalue weighted by atomic mass is 10.0. The first-order chi connectivity index (χ1) is 9.54. The second kappa shape index (κ2) is 6.67. The first kappa shape index (κ1) is 15.4. The molecule has 1 saturated heterocycles. The molecule has 0 saturated carbocycles. The summed E-state index contributed by atoms with van der Waals surface area (Å²) in [4.78, 5) is 0.315. The minimum absolute atomic E-state index is 0.315. The van der Waals surface area contributed by atoms with Crippen molar-refractivity contribution in [3.63, 3.8) is 0 Å². The van der Waals surface area contributed by atoms with Crippen LogP contribution in [-0.2, 0) is 21.3 Å². The molecule has 1 heterocycles. The Bertz CT molecular complexity index is 539. The van der Waals surface area contributed by atoms with Crippen LogP contribution in [0.2, 0.25) is 0 Å². The second-order valence-electron chi connectivity index (χ2n) is 5.19. The largest absolute Gasteiger partial charge is 0.381 e. The minimum Gasteiger partial charge on any atom is -0.381 e. The van der Waals surface area contributed by atoms with Gasteiger partial charge < -0.3 is 10.5 Å². The Hall–Kier alpha value is -0.950. The molecule has 112 valence electrons. The molecule has 0 unspecified atom stereocenters. The highest BCUT2D eigenvalue weighted by Crippen LogP contribution is 2.21. The molecule has 0 aromatic heterocycles. The molecule has 6 heteroatoms. The third kappa shape index (κ3) is 3.58. The molecule has 1 aliphatic heterocycles. The van der Waals surface area contributed by atoms with E-state index in [2.05, 4.69) is 0 Å². The zero-order chi connectivity index (χ0) is 14.6. The number of rotatable bonds is 5. The maximum Gasteiger partial charge on any atom is 0.242 e. The van der Waals surface area contributed by atoms with Crippen molar-refractivity contribution in [1.82, 2.24) is 4.31 Å². The van der Waals surface area contributed by atoms with E-state index in [-0.39, 0.29) is 0 Å². The zero-order valence-electron chi connectivity index (χ0n) is 11.8. The summed E-state index contributed by atoms with van der Waals surface area (Å²) in [5.41, 5.74) is 6.39. The number of hydrogen-bond donors (Lipinski definition) is 1. The molecule has 5 nitrogen and oxygen atoms in total. The van der Waals surface area contributed by atoms with E-state index in [4.69, 9.17) is 10.5 Å². The van der Waals surface area contributed by atoms with Gasteiger partial charge in [-0.15, -0.1) is 0 Å². The summed E-state index contributed by atoms with van der Waals surface area (Å²) in [5.74, 6) is 0.376. The van der Waals surface area contributed by atoms with E-state index < -0.39 is 10.0 Å². The molecule has 20 heavy (non-hydrogen) atoms. The lowest BCUT2D eigenvalue weighted by Crippen LogP contribution is -2.34. The van der Waals surface area contributed by atoms with Crippen LogP contribution < -0.4 is 5.73 Å². The second-order valence-corrected chi connectivity index (χ2v) is 7.24. The van der Waals surface area contributed by atoms with Gasteiger partial charge in [-0.2, -0.15) is 0 Å². The van der Waals surface area contributed by atoms with Crippen molar-refractivity contribution in [2.45, 2.75) is 24.3 Å². The van der Waals surface area contributed by atoms with Crippen LogP contribution in [0.3, 0.4) is 0 Å². The summed E-state index contributed by atoms with van der Waals surface area (Å²) in [7, 11) is -1.80. The third-order valence-corrected chi connectivity index (χ3v) is 5.52. The van der Waals surface area contributed by atoms with Crippen LogP contribution in [0.25, 0.3) is 0 Å². The van der Waals surface area contributed by atoms with E-state index in [1.54, 1.807) is 25.2 Å². The highest BCUT2D eigenvalue weighted by molar-refractivity contribution is 7.89. The smallest absolute Gasteiger partial charge is 0.242 e. The molecule has 0 bridgehead atoms. The molecule has 0 amide bonds. The fourth-order valence-corrected chi connectivity index (χ4v) is 3.72. The lowest BCUT2D eigenvalue weighted by molar-refractivity contribution is 0.0620. The van der Waals surface area contributed by atoms with Crippen LogP contribution in [-0.4, -0.2) is 39.5 Å². The molecule has 2 N–H and O–H groups in total. The van der Waals surface area contributed by atoms with Crippen molar-refractivity contribution in [3.8, 4) is 0 Å². The molecule has 0 spiro atoms. The molecular formula is C14H22N2O3S. The predicted molar refractivity (Wildman–Crippen MR) is 77.7 cm³/mol. The molecule has 2 rings (SSSR count). The molecule has 0 atom stereocenters. The van der Waals surface area contributed by atoms with Gasteiger partial charge in [0, 0.05) is 33.4 Å². The van der Waals surface area contributed by atoms with Crippen LogP contribution in [0, 0.1) is 5.92 Å². The fourth-order valence-electron chi connectivity index (χ4n) is 2.40. The minimum atomic E-state index is -3.43. The van der Waals surface area contributed by atoms with Gasteiger partial charge in [-0.3, -0.25) is 0 Å². The summed E-state index contributed by atoms with van der Waals surface area (Å²) >= 11 is 0. The van der Waals surface area contributed by atoms with Gasteiger partial charge in [0.15, 0.2) is 0 Å². The summed E-state index contributed by atoms with van der Waals surface area (Å²) in [6.45, 7) is 2.33. The number of hydrogen-bond acceptors (Lipinski definition) is 4. The van der Waals surface area contributed by atoms with Crippen molar-refractivity contribution in [2.24, 2.45) is 11.7 Å². The van der Waals surface area contributed by atoms with Crippen LogP contribution in [0.1, 0.15) is 18.4 Å². The molecule has 0 radical (unpaired) electrons. The first-order valence-electron chi connectivity index (χ1n) is 6.87. The summed E-state index contributed by atoms with van der Waals surface area (Å²) in [5, 5.41) is 0. The van der Waals surface area contributed by atoms with Gasteiger partial charge >= 0.3 is 0 Å². The number of sulfonamides is 1. The number of nitrogens with zero attached hydrogens (tertiary/aromatic N) is 1. The van der Waals surface area contributed by atoms with Gasteiger partial charge in [0.1, 0.15) is 0 Å². The monoisotopic (exact) mass is 298 g/mol.